The number of hydrogen-bond donors (Lipinski definition) is 1. The van der Waals surface area contributed by atoms with E-state index in [0.29, 0.717) is 25.3 Å². The standard InChI is InChI=1S/C18H24N2O2S/c21-17(12-14-8-11-23-13-14)19-9-7-18(22)20-10-3-5-15-4-1-2-6-16(15)20/h6,8,11,13,15H,1-5,7,9-10,12H2,(H,19,21). The normalized spacial score (nSPS) is 20.6. The maximum absolute atomic E-state index is 12.5. The van der Waals surface area contributed by atoms with Crippen LogP contribution in [0.1, 0.15) is 44.1 Å². The first kappa shape index (κ1) is 16.2. The van der Waals surface area contributed by atoms with Gasteiger partial charge in [0.05, 0.1) is 6.42 Å². The van der Waals surface area contributed by atoms with Gasteiger partial charge in [-0.25, -0.2) is 0 Å². The van der Waals surface area contributed by atoms with Crippen molar-refractivity contribution in [1.82, 2.24) is 10.2 Å². The van der Waals surface area contributed by atoms with E-state index in [1.54, 1.807) is 11.3 Å². The van der Waals surface area contributed by atoms with Crippen molar-refractivity contribution in [2.75, 3.05) is 13.1 Å². The number of hydrogen-bond acceptors (Lipinski definition) is 3. The number of carbonyl (C=O) groups excluding carboxylic acids is 2. The van der Waals surface area contributed by atoms with Gasteiger partial charge in [0.15, 0.2) is 0 Å². The van der Waals surface area contributed by atoms with Gasteiger partial charge in [0.25, 0.3) is 0 Å². The summed E-state index contributed by atoms with van der Waals surface area (Å²) in [6.07, 6.45) is 8.90. The highest BCUT2D eigenvalue weighted by atomic mass is 32.1. The fourth-order valence-electron chi connectivity index (χ4n) is 3.53. The van der Waals surface area contributed by atoms with Crippen LogP contribution in [-0.2, 0) is 16.0 Å². The van der Waals surface area contributed by atoms with Crippen LogP contribution in [0.5, 0.6) is 0 Å². The van der Waals surface area contributed by atoms with E-state index < -0.39 is 0 Å². The van der Waals surface area contributed by atoms with Gasteiger partial charge >= 0.3 is 0 Å². The number of allylic oxidation sites excluding steroid dienone is 2. The Morgan fingerprint density at radius 1 is 1.30 bits per heavy atom. The van der Waals surface area contributed by atoms with Crippen LogP contribution in [0, 0.1) is 5.92 Å². The SMILES string of the molecule is O=C(Cc1ccsc1)NCCC(=O)N1CCCC2CCCC=C21. The Morgan fingerprint density at radius 3 is 3.00 bits per heavy atom. The van der Waals surface area contributed by atoms with Crippen LogP contribution >= 0.6 is 11.3 Å². The molecule has 2 heterocycles. The van der Waals surface area contributed by atoms with Crippen LogP contribution < -0.4 is 5.32 Å². The molecule has 0 bridgehead atoms. The fraction of sp³-hybridized carbons (Fsp3) is 0.556. The van der Waals surface area contributed by atoms with Crippen molar-refractivity contribution < 1.29 is 9.59 Å². The minimum Gasteiger partial charge on any atom is -0.355 e. The molecule has 1 fully saturated rings. The van der Waals surface area contributed by atoms with Crippen molar-refractivity contribution in [3.63, 3.8) is 0 Å². The van der Waals surface area contributed by atoms with Crippen molar-refractivity contribution in [2.24, 2.45) is 5.92 Å². The van der Waals surface area contributed by atoms with E-state index in [-0.39, 0.29) is 11.8 Å². The van der Waals surface area contributed by atoms with Gasteiger partial charge in [-0.15, -0.1) is 0 Å². The lowest BCUT2D eigenvalue weighted by Gasteiger charge is -2.38. The molecule has 2 amide bonds. The van der Waals surface area contributed by atoms with Gasteiger partial charge in [-0.3, -0.25) is 9.59 Å². The zero-order valence-electron chi connectivity index (χ0n) is 13.4. The molecule has 0 spiro atoms. The number of carbonyl (C=O) groups is 2. The molecule has 0 aromatic carbocycles. The van der Waals surface area contributed by atoms with Crippen molar-refractivity contribution in [3.05, 3.63) is 34.2 Å². The Morgan fingerprint density at radius 2 is 2.17 bits per heavy atom. The molecule has 1 N–H and O–H groups in total. The Balaban J connectivity index is 1.45. The average molecular weight is 332 g/mol. The Bertz CT molecular complexity index is 580. The Hall–Kier alpha value is -1.62. The molecule has 3 rings (SSSR count). The number of amides is 2. The third-order valence-corrected chi connectivity index (χ3v) is 5.41. The van der Waals surface area contributed by atoms with E-state index in [0.717, 1.165) is 24.9 Å². The first-order valence-corrected chi connectivity index (χ1v) is 9.46. The first-order valence-electron chi connectivity index (χ1n) is 8.52. The summed E-state index contributed by atoms with van der Waals surface area (Å²) >= 11 is 1.59. The molecule has 1 aromatic rings. The molecule has 1 atom stereocenters. The zero-order valence-corrected chi connectivity index (χ0v) is 14.2. The topological polar surface area (TPSA) is 49.4 Å². The second-order valence-corrected chi connectivity index (χ2v) is 7.13. The van der Waals surface area contributed by atoms with Gasteiger partial charge in [0.2, 0.25) is 11.8 Å². The molecule has 1 saturated heterocycles. The van der Waals surface area contributed by atoms with E-state index in [2.05, 4.69) is 11.4 Å². The maximum atomic E-state index is 12.5. The summed E-state index contributed by atoms with van der Waals surface area (Å²) in [5, 5.41) is 6.81. The van der Waals surface area contributed by atoms with Crippen LogP contribution in [0.2, 0.25) is 0 Å². The molecule has 124 valence electrons. The van der Waals surface area contributed by atoms with Gasteiger partial charge in [-0.05, 0) is 60.4 Å². The number of piperidine rings is 1. The lowest BCUT2D eigenvalue weighted by Crippen LogP contribution is -2.40. The van der Waals surface area contributed by atoms with Gasteiger partial charge in [0, 0.05) is 25.2 Å². The molecule has 0 saturated carbocycles. The van der Waals surface area contributed by atoms with Crippen LogP contribution in [0.15, 0.2) is 28.6 Å². The van der Waals surface area contributed by atoms with Crippen LogP contribution in [0.3, 0.4) is 0 Å². The minimum atomic E-state index is -0.00963. The summed E-state index contributed by atoms with van der Waals surface area (Å²) in [6, 6.07) is 1.96. The van der Waals surface area contributed by atoms with E-state index in [9.17, 15) is 9.59 Å². The number of nitrogens with one attached hydrogen (secondary N) is 1. The van der Waals surface area contributed by atoms with Crippen molar-refractivity contribution in [1.29, 1.82) is 0 Å². The summed E-state index contributed by atoms with van der Waals surface area (Å²) in [7, 11) is 0. The van der Waals surface area contributed by atoms with Crippen LogP contribution in [0.25, 0.3) is 0 Å². The third kappa shape index (κ3) is 4.22. The lowest BCUT2D eigenvalue weighted by atomic mass is 9.85. The second-order valence-electron chi connectivity index (χ2n) is 6.35. The van der Waals surface area contributed by atoms with Gasteiger partial charge in [-0.2, -0.15) is 11.3 Å². The number of fused-ring (bicyclic) bond motifs is 1. The quantitative estimate of drug-likeness (QED) is 0.901. The summed E-state index contributed by atoms with van der Waals surface area (Å²) in [4.78, 5) is 26.3. The minimum absolute atomic E-state index is 0.00963. The molecule has 1 unspecified atom stereocenters. The molecule has 4 nitrogen and oxygen atoms in total. The molecule has 5 heteroatoms. The molecule has 1 aromatic heterocycles. The number of rotatable bonds is 5. The zero-order chi connectivity index (χ0) is 16.1. The van der Waals surface area contributed by atoms with E-state index in [1.165, 1.54) is 25.0 Å². The lowest BCUT2D eigenvalue weighted by molar-refractivity contribution is -0.130. The van der Waals surface area contributed by atoms with Crippen molar-refractivity contribution in [3.8, 4) is 0 Å². The van der Waals surface area contributed by atoms with Crippen molar-refractivity contribution in [2.45, 2.75) is 44.9 Å². The highest BCUT2D eigenvalue weighted by molar-refractivity contribution is 7.07. The van der Waals surface area contributed by atoms with Crippen molar-refractivity contribution >= 4 is 23.2 Å². The van der Waals surface area contributed by atoms with Crippen LogP contribution in [-0.4, -0.2) is 29.8 Å². The molecule has 1 aliphatic carbocycles. The monoisotopic (exact) mass is 332 g/mol. The molecular formula is C18H24N2O2S. The fourth-order valence-corrected chi connectivity index (χ4v) is 4.20. The number of nitrogens with zero attached hydrogens (tertiary/aromatic N) is 1. The Labute approximate surface area is 141 Å². The predicted molar refractivity (Wildman–Crippen MR) is 92.0 cm³/mol. The van der Waals surface area contributed by atoms with E-state index >= 15 is 0 Å². The highest BCUT2D eigenvalue weighted by Gasteiger charge is 2.29. The van der Waals surface area contributed by atoms with Gasteiger partial charge in [0.1, 0.15) is 0 Å². The molecule has 0 radical (unpaired) electrons. The second kappa shape index (κ2) is 7.77. The summed E-state index contributed by atoms with van der Waals surface area (Å²) in [6.45, 7) is 1.26. The number of thiophene rings is 1. The summed E-state index contributed by atoms with van der Waals surface area (Å²) in [5.41, 5.74) is 2.28. The summed E-state index contributed by atoms with van der Waals surface area (Å²) in [5.74, 6) is 0.720. The largest absolute Gasteiger partial charge is 0.355 e. The average Bonchev–Trinajstić information content (AvgIpc) is 3.07. The van der Waals surface area contributed by atoms with E-state index in [1.807, 2.05) is 21.7 Å². The van der Waals surface area contributed by atoms with E-state index in [4.69, 9.17) is 0 Å². The number of likely N-dealkylation sites (tertiary alicyclic amines) is 1. The smallest absolute Gasteiger partial charge is 0.228 e. The molecule has 2 aliphatic rings. The van der Waals surface area contributed by atoms with Crippen LogP contribution in [0.4, 0.5) is 0 Å². The molecule has 1 aliphatic heterocycles. The maximum Gasteiger partial charge on any atom is 0.228 e. The summed E-state index contributed by atoms with van der Waals surface area (Å²) < 4.78 is 0. The first-order chi connectivity index (χ1) is 11.2. The molecular weight excluding hydrogens is 308 g/mol. The van der Waals surface area contributed by atoms with Gasteiger partial charge < -0.3 is 10.2 Å². The predicted octanol–water partition coefficient (Wildman–Crippen LogP) is 3.10. The molecule has 23 heavy (non-hydrogen) atoms. The highest BCUT2D eigenvalue weighted by Crippen LogP contribution is 2.35. The Kier molecular flexibility index (Phi) is 5.49. The third-order valence-electron chi connectivity index (χ3n) is 4.68. The van der Waals surface area contributed by atoms with Gasteiger partial charge in [-0.1, -0.05) is 6.08 Å².